The highest BCUT2D eigenvalue weighted by Gasteiger charge is 2.29. The van der Waals surface area contributed by atoms with E-state index in [0.29, 0.717) is 11.9 Å². The van der Waals surface area contributed by atoms with Gasteiger partial charge >= 0.3 is 0 Å². The summed E-state index contributed by atoms with van der Waals surface area (Å²) in [6.45, 7) is 3.81. The second-order valence-corrected chi connectivity index (χ2v) is 6.96. The van der Waals surface area contributed by atoms with Crippen molar-refractivity contribution in [3.05, 3.63) is 35.9 Å². The van der Waals surface area contributed by atoms with E-state index in [1.807, 2.05) is 0 Å². The predicted octanol–water partition coefficient (Wildman–Crippen LogP) is 2.25. The summed E-state index contributed by atoms with van der Waals surface area (Å²) < 4.78 is 0. The molecule has 0 unspecified atom stereocenters. The molecule has 4 heteroatoms. The van der Waals surface area contributed by atoms with Gasteiger partial charge in [0, 0.05) is 25.7 Å². The van der Waals surface area contributed by atoms with Crippen molar-refractivity contribution in [1.82, 2.24) is 15.1 Å². The van der Waals surface area contributed by atoms with Crippen molar-refractivity contribution in [3.63, 3.8) is 0 Å². The van der Waals surface area contributed by atoms with Crippen LogP contribution in [0.1, 0.15) is 37.7 Å². The van der Waals surface area contributed by atoms with Gasteiger partial charge in [0.05, 0.1) is 6.04 Å². The van der Waals surface area contributed by atoms with Gasteiger partial charge in [-0.25, -0.2) is 0 Å². The van der Waals surface area contributed by atoms with E-state index in [2.05, 4.69) is 52.5 Å². The van der Waals surface area contributed by atoms with E-state index in [-0.39, 0.29) is 6.04 Å². The molecule has 23 heavy (non-hydrogen) atoms. The molecule has 1 aromatic rings. The van der Waals surface area contributed by atoms with Crippen LogP contribution < -0.4 is 5.32 Å². The smallest absolute Gasteiger partial charge is 0.239 e. The molecule has 4 nitrogen and oxygen atoms in total. The van der Waals surface area contributed by atoms with Gasteiger partial charge in [-0.15, -0.1) is 0 Å². The van der Waals surface area contributed by atoms with E-state index in [1.54, 1.807) is 0 Å². The summed E-state index contributed by atoms with van der Waals surface area (Å²) in [7, 11) is 2.22. The predicted molar refractivity (Wildman–Crippen MR) is 93.2 cm³/mol. The number of nitrogens with one attached hydrogen (secondary N) is 1. The maximum absolute atomic E-state index is 12.6. The van der Waals surface area contributed by atoms with E-state index in [9.17, 15) is 4.79 Å². The quantitative estimate of drug-likeness (QED) is 0.926. The Morgan fingerprint density at radius 1 is 1.17 bits per heavy atom. The number of carbonyl (C=O) groups excluding carboxylic acids is 1. The van der Waals surface area contributed by atoms with Gasteiger partial charge in [0.15, 0.2) is 0 Å². The molecule has 0 spiro atoms. The van der Waals surface area contributed by atoms with Gasteiger partial charge in [-0.05, 0) is 51.3 Å². The fraction of sp³-hybridized carbons (Fsp3) is 0.632. The zero-order valence-corrected chi connectivity index (χ0v) is 14.2. The minimum atomic E-state index is 0.0774. The molecule has 2 fully saturated rings. The fourth-order valence-corrected chi connectivity index (χ4v) is 3.86. The molecule has 1 N–H and O–H groups in total. The lowest BCUT2D eigenvalue weighted by Crippen LogP contribution is -2.44. The summed E-state index contributed by atoms with van der Waals surface area (Å²) >= 11 is 0. The van der Waals surface area contributed by atoms with Crippen molar-refractivity contribution in [1.29, 1.82) is 0 Å². The summed E-state index contributed by atoms with van der Waals surface area (Å²) in [5, 5.41) is 3.34. The van der Waals surface area contributed by atoms with Crippen molar-refractivity contribution in [3.8, 4) is 0 Å². The van der Waals surface area contributed by atoms with Crippen LogP contribution in [0.5, 0.6) is 0 Å². The number of benzene rings is 1. The molecule has 2 aliphatic rings. The molecule has 0 aliphatic carbocycles. The zero-order chi connectivity index (χ0) is 16.1. The van der Waals surface area contributed by atoms with E-state index in [4.69, 9.17) is 0 Å². The van der Waals surface area contributed by atoms with Crippen LogP contribution in [0, 0.1) is 0 Å². The lowest BCUT2D eigenvalue weighted by atomic mass is 10.1. The third-order valence-corrected chi connectivity index (χ3v) is 5.27. The Morgan fingerprint density at radius 2 is 2.00 bits per heavy atom. The second-order valence-electron chi connectivity index (χ2n) is 6.96. The maximum atomic E-state index is 12.6. The average molecular weight is 315 g/mol. The highest BCUT2D eigenvalue weighted by Crippen LogP contribution is 2.19. The van der Waals surface area contributed by atoms with Crippen LogP contribution >= 0.6 is 0 Å². The SMILES string of the molecule is CN(Cc1ccccc1)[C@@H]1CCCN(C(=O)[C@H]2CCCN2)CC1. The van der Waals surface area contributed by atoms with E-state index in [1.165, 1.54) is 12.0 Å². The molecular formula is C19H29N3O. The Hall–Kier alpha value is -1.39. The fourth-order valence-electron chi connectivity index (χ4n) is 3.86. The molecule has 2 saturated heterocycles. The number of carbonyl (C=O) groups is 1. The van der Waals surface area contributed by atoms with Crippen LogP contribution in [0.25, 0.3) is 0 Å². The van der Waals surface area contributed by atoms with Gasteiger partial charge in [-0.1, -0.05) is 30.3 Å². The van der Waals surface area contributed by atoms with Gasteiger partial charge < -0.3 is 10.2 Å². The van der Waals surface area contributed by atoms with Gasteiger partial charge in [0.1, 0.15) is 0 Å². The highest BCUT2D eigenvalue weighted by molar-refractivity contribution is 5.82. The van der Waals surface area contributed by atoms with Crippen molar-refractivity contribution in [2.75, 3.05) is 26.7 Å². The molecule has 3 rings (SSSR count). The Morgan fingerprint density at radius 3 is 2.74 bits per heavy atom. The topological polar surface area (TPSA) is 35.6 Å². The minimum Gasteiger partial charge on any atom is -0.341 e. The van der Waals surface area contributed by atoms with Gasteiger partial charge in [0.25, 0.3) is 0 Å². The number of hydrogen-bond donors (Lipinski definition) is 1. The maximum Gasteiger partial charge on any atom is 0.239 e. The standard InChI is InChI=1S/C19H29N3O/c1-21(15-16-7-3-2-4-8-16)17-9-6-13-22(14-11-17)19(23)18-10-5-12-20-18/h2-4,7-8,17-18,20H,5-6,9-15H2,1H3/t17-,18-/m1/s1. The lowest BCUT2D eigenvalue weighted by Gasteiger charge is -2.28. The van der Waals surface area contributed by atoms with Crippen LogP contribution in [0.2, 0.25) is 0 Å². The number of rotatable bonds is 4. The van der Waals surface area contributed by atoms with Gasteiger partial charge in [-0.2, -0.15) is 0 Å². The molecule has 126 valence electrons. The molecule has 1 amide bonds. The first-order valence-electron chi connectivity index (χ1n) is 9.00. The monoisotopic (exact) mass is 315 g/mol. The van der Waals surface area contributed by atoms with E-state index >= 15 is 0 Å². The first-order valence-corrected chi connectivity index (χ1v) is 9.00. The van der Waals surface area contributed by atoms with Crippen LogP contribution in [0.15, 0.2) is 30.3 Å². The molecule has 0 bridgehead atoms. The Balaban J connectivity index is 1.52. The molecule has 0 saturated carbocycles. The van der Waals surface area contributed by atoms with Crippen molar-refractivity contribution < 1.29 is 4.79 Å². The Labute approximate surface area is 139 Å². The number of likely N-dealkylation sites (tertiary alicyclic amines) is 1. The van der Waals surface area contributed by atoms with Crippen LogP contribution in [-0.2, 0) is 11.3 Å². The van der Waals surface area contributed by atoms with Gasteiger partial charge in [-0.3, -0.25) is 9.69 Å². The summed E-state index contributed by atoms with van der Waals surface area (Å²) in [5.74, 6) is 0.328. The highest BCUT2D eigenvalue weighted by atomic mass is 16.2. The average Bonchev–Trinajstić information content (AvgIpc) is 2.99. The normalized spacial score (nSPS) is 25.6. The Bertz CT molecular complexity index is 499. The lowest BCUT2D eigenvalue weighted by molar-refractivity contribution is -0.133. The van der Waals surface area contributed by atoms with Gasteiger partial charge in [0.2, 0.25) is 5.91 Å². The number of amides is 1. The summed E-state index contributed by atoms with van der Waals surface area (Å²) in [6.07, 6.45) is 5.52. The van der Waals surface area contributed by atoms with Crippen molar-refractivity contribution >= 4 is 5.91 Å². The first-order chi connectivity index (χ1) is 11.2. The summed E-state index contributed by atoms with van der Waals surface area (Å²) in [5.41, 5.74) is 1.36. The van der Waals surface area contributed by atoms with Crippen LogP contribution in [0.4, 0.5) is 0 Å². The van der Waals surface area contributed by atoms with Crippen molar-refractivity contribution in [2.45, 2.75) is 50.7 Å². The molecule has 2 aliphatic heterocycles. The zero-order valence-electron chi connectivity index (χ0n) is 14.2. The summed E-state index contributed by atoms with van der Waals surface area (Å²) in [4.78, 5) is 17.1. The molecule has 2 atom stereocenters. The number of nitrogens with zero attached hydrogens (tertiary/aromatic N) is 2. The number of hydrogen-bond acceptors (Lipinski definition) is 3. The van der Waals surface area contributed by atoms with Crippen LogP contribution in [-0.4, -0.2) is 54.5 Å². The summed E-state index contributed by atoms with van der Waals surface area (Å²) in [6, 6.07) is 11.3. The molecule has 0 aromatic heterocycles. The van der Waals surface area contributed by atoms with Crippen molar-refractivity contribution in [2.24, 2.45) is 0 Å². The van der Waals surface area contributed by atoms with Crippen LogP contribution in [0.3, 0.4) is 0 Å². The third kappa shape index (κ3) is 4.33. The second kappa shape index (κ2) is 7.93. The largest absolute Gasteiger partial charge is 0.341 e. The molecular weight excluding hydrogens is 286 g/mol. The third-order valence-electron chi connectivity index (χ3n) is 5.27. The molecule has 2 heterocycles. The van der Waals surface area contributed by atoms with E-state index in [0.717, 1.165) is 51.9 Å². The molecule has 0 radical (unpaired) electrons. The minimum absolute atomic E-state index is 0.0774. The van der Waals surface area contributed by atoms with E-state index < -0.39 is 0 Å². The molecule has 1 aromatic carbocycles. The first kappa shape index (κ1) is 16.5. The Kier molecular flexibility index (Phi) is 5.68.